The second kappa shape index (κ2) is 7.81. The van der Waals surface area contributed by atoms with E-state index in [-0.39, 0.29) is 6.10 Å². The summed E-state index contributed by atoms with van der Waals surface area (Å²) < 4.78 is 7.89. The van der Waals surface area contributed by atoms with Crippen LogP contribution < -0.4 is 5.32 Å². The number of aromatic nitrogens is 3. The molecule has 1 fully saturated rings. The predicted molar refractivity (Wildman–Crippen MR) is 102 cm³/mol. The van der Waals surface area contributed by atoms with Crippen LogP contribution in [-0.2, 0) is 17.7 Å². The summed E-state index contributed by atoms with van der Waals surface area (Å²) >= 11 is 0. The number of nitrogens with zero attached hydrogens (tertiary/aromatic N) is 3. The van der Waals surface area contributed by atoms with Crippen LogP contribution in [0.1, 0.15) is 17.0 Å². The molecular formula is C21H24N4O. The largest absolute Gasteiger partial charge is 0.375 e. The first kappa shape index (κ1) is 16.9. The molecule has 1 N–H and O–H groups in total. The van der Waals surface area contributed by atoms with E-state index in [2.05, 4.69) is 36.5 Å². The van der Waals surface area contributed by atoms with Gasteiger partial charge in [0.05, 0.1) is 19.3 Å². The molecule has 5 heteroatoms. The molecule has 0 unspecified atom stereocenters. The molecule has 2 heterocycles. The molecule has 0 bridgehead atoms. The summed E-state index contributed by atoms with van der Waals surface area (Å²) in [7, 11) is 0. The minimum absolute atomic E-state index is 0.147. The lowest BCUT2D eigenvalue weighted by molar-refractivity contribution is 0.0274. The average molecular weight is 348 g/mol. The molecule has 0 radical (unpaired) electrons. The van der Waals surface area contributed by atoms with E-state index in [4.69, 9.17) is 14.8 Å². The Labute approximate surface area is 154 Å². The molecule has 4 rings (SSSR count). The molecule has 1 atom stereocenters. The lowest BCUT2D eigenvalue weighted by Crippen LogP contribution is -2.40. The summed E-state index contributed by atoms with van der Waals surface area (Å²) in [6.07, 6.45) is 0.909. The van der Waals surface area contributed by atoms with Gasteiger partial charge in [-0.1, -0.05) is 60.2 Å². The zero-order valence-corrected chi connectivity index (χ0v) is 15.1. The van der Waals surface area contributed by atoms with E-state index in [1.807, 2.05) is 35.0 Å². The third-order valence-electron chi connectivity index (χ3n) is 4.65. The predicted octanol–water partition coefficient (Wildman–Crippen LogP) is 2.83. The Bertz CT molecular complexity index is 836. The number of hydrogen-bond acceptors (Lipinski definition) is 4. The van der Waals surface area contributed by atoms with E-state index in [1.165, 1.54) is 11.1 Å². The molecule has 1 aliphatic rings. The Kier molecular flexibility index (Phi) is 5.09. The molecule has 1 aliphatic heterocycles. The molecule has 3 aromatic rings. The highest BCUT2D eigenvalue weighted by atomic mass is 16.5. The van der Waals surface area contributed by atoms with Crippen molar-refractivity contribution >= 4 is 0 Å². The number of benzene rings is 2. The van der Waals surface area contributed by atoms with Crippen molar-refractivity contribution in [3.05, 3.63) is 71.5 Å². The standard InChI is InChI=1S/C21H24N4O/c1-16-7-9-17(10-8-16)15-25-20(13-19-14-22-11-12-26-19)23-21(24-25)18-5-3-2-4-6-18/h2-10,19,22H,11-15H2,1H3/t19-/m0/s1. The molecule has 0 saturated carbocycles. The molecule has 26 heavy (non-hydrogen) atoms. The molecule has 5 nitrogen and oxygen atoms in total. The highest BCUT2D eigenvalue weighted by Crippen LogP contribution is 2.18. The van der Waals surface area contributed by atoms with Crippen LogP contribution in [0.3, 0.4) is 0 Å². The lowest BCUT2D eigenvalue weighted by atomic mass is 10.1. The molecule has 1 saturated heterocycles. The van der Waals surface area contributed by atoms with Crippen LogP contribution in [0.2, 0.25) is 0 Å². The zero-order chi connectivity index (χ0) is 17.8. The van der Waals surface area contributed by atoms with Gasteiger partial charge in [-0.3, -0.25) is 0 Å². The topological polar surface area (TPSA) is 52.0 Å². The van der Waals surface area contributed by atoms with Crippen LogP contribution in [-0.4, -0.2) is 40.6 Å². The van der Waals surface area contributed by atoms with Gasteiger partial charge in [-0.05, 0) is 12.5 Å². The zero-order valence-electron chi connectivity index (χ0n) is 15.1. The van der Waals surface area contributed by atoms with Crippen molar-refractivity contribution in [2.45, 2.75) is 26.0 Å². The fourth-order valence-corrected chi connectivity index (χ4v) is 3.18. The smallest absolute Gasteiger partial charge is 0.181 e. The Balaban J connectivity index is 1.62. The van der Waals surface area contributed by atoms with Gasteiger partial charge in [-0.15, -0.1) is 0 Å². The van der Waals surface area contributed by atoms with E-state index in [1.54, 1.807) is 0 Å². The summed E-state index contributed by atoms with van der Waals surface area (Å²) in [6, 6.07) is 18.7. The quantitative estimate of drug-likeness (QED) is 0.770. The first-order valence-electron chi connectivity index (χ1n) is 9.15. The van der Waals surface area contributed by atoms with Gasteiger partial charge in [0.25, 0.3) is 0 Å². The van der Waals surface area contributed by atoms with Crippen molar-refractivity contribution in [1.82, 2.24) is 20.1 Å². The summed E-state index contributed by atoms with van der Waals surface area (Å²) in [5.41, 5.74) is 3.53. The molecule has 2 aromatic carbocycles. The maximum Gasteiger partial charge on any atom is 0.181 e. The van der Waals surface area contributed by atoms with E-state index >= 15 is 0 Å². The summed E-state index contributed by atoms with van der Waals surface area (Å²) in [6.45, 7) is 5.35. The van der Waals surface area contributed by atoms with Gasteiger partial charge in [0.1, 0.15) is 5.82 Å². The Morgan fingerprint density at radius 1 is 1.12 bits per heavy atom. The monoisotopic (exact) mass is 348 g/mol. The number of hydrogen-bond donors (Lipinski definition) is 1. The second-order valence-electron chi connectivity index (χ2n) is 6.76. The highest BCUT2D eigenvalue weighted by molar-refractivity contribution is 5.54. The Hall–Kier alpha value is -2.50. The van der Waals surface area contributed by atoms with Crippen molar-refractivity contribution in [2.75, 3.05) is 19.7 Å². The summed E-state index contributed by atoms with van der Waals surface area (Å²) in [5.74, 6) is 1.75. The van der Waals surface area contributed by atoms with Gasteiger partial charge in [-0.25, -0.2) is 9.67 Å². The number of ether oxygens (including phenoxy) is 1. The number of aryl methyl sites for hydroxylation is 1. The Morgan fingerprint density at radius 2 is 1.92 bits per heavy atom. The number of rotatable bonds is 5. The van der Waals surface area contributed by atoms with E-state index < -0.39 is 0 Å². The molecular weight excluding hydrogens is 324 g/mol. The fourth-order valence-electron chi connectivity index (χ4n) is 3.18. The number of nitrogens with one attached hydrogen (secondary N) is 1. The summed E-state index contributed by atoms with van der Waals surface area (Å²) in [4.78, 5) is 4.83. The van der Waals surface area contributed by atoms with E-state index in [0.29, 0.717) is 0 Å². The lowest BCUT2D eigenvalue weighted by Gasteiger charge is -2.23. The normalized spacial score (nSPS) is 17.3. The van der Waals surface area contributed by atoms with Crippen LogP contribution in [0, 0.1) is 6.92 Å². The van der Waals surface area contributed by atoms with Crippen LogP contribution >= 0.6 is 0 Å². The van der Waals surface area contributed by atoms with Gasteiger partial charge in [0, 0.05) is 25.1 Å². The second-order valence-corrected chi connectivity index (χ2v) is 6.76. The minimum Gasteiger partial charge on any atom is -0.375 e. The Morgan fingerprint density at radius 3 is 2.65 bits per heavy atom. The first-order chi connectivity index (χ1) is 12.8. The molecule has 0 spiro atoms. The van der Waals surface area contributed by atoms with Crippen LogP contribution in [0.5, 0.6) is 0 Å². The van der Waals surface area contributed by atoms with Gasteiger partial charge < -0.3 is 10.1 Å². The summed E-state index contributed by atoms with van der Waals surface area (Å²) in [5, 5.41) is 8.18. The number of morpholine rings is 1. The van der Waals surface area contributed by atoms with Crippen LogP contribution in [0.25, 0.3) is 11.4 Å². The van der Waals surface area contributed by atoms with Crippen molar-refractivity contribution < 1.29 is 4.74 Å². The third kappa shape index (κ3) is 4.00. The van der Waals surface area contributed by atoms with Gasteiger partial charge >= 0.3 is 0 Å². The van der Waals surface area contributed by atoms with Gasteiger partial charge in [0.2, 0.25) is 0 Å². The van der Waals surface area contributed by atoms with Crippen molar-refractivity contribution in [1.29, 1.82) is 0 Å². The van der Waals surface area contributed by atoms with E-state index in [0.717, 1.165) is 49.9 Å². The first-order valence-corrected chi connectivity index (χ1v) is 9.15. The van der Waals surface area contributed by atoms with Crippen molar-refractivity contribution in [2.24, 2.45) is 0 Å². The van der Waals surface area contributed by atoms with Crippen LogP contribution in [0.4, 0.5) is 0 Å². The maximum absolute atomic E-state index is 5.87. The average Bonchev–Trinajstić information content (AvgIpc) is 3.07. The fraction of sp³-hybridized carbons (Fsp3) is 0.333. The SMILES string of the molecule is Cc1ccc(Cn2nc(-c3ccccc3)nc2C[C@H]2CNCCO2)cc1. The van der Waals surface area contributed by atoms with E-state index in [9.17, 15) is 0 Å². The van der Waals surface area contributed by atoms with Crippen LogP contribution in [0.15, 0.2) is 54.6 Å². The van der Waals surface area contributed by atoms with Gasteiger partial charge in [-0.2, -0.15) is 5.10 Å². The highest BCUT2D eigenvalue weighted by Gasteiger charge is 2.19. The molecule has 1 aromatic heterocycles. The molecule has 134 valence electrons. The molecule has 0 amide bonds. The maximum atomic E-state index is 5.87. The third-order valence-corrected chi connectivity index (χ3v) is 4.65. The molecule has 0 aliphatic carbocycles. The van der Waals surface area contributed by atoms with Crippen molar-refractivity contribution in [3.8, 4) is 11.4 Å². The van der Waals surface area contributed by atoms with Gasteiger partial charge in [0.15, 0.2) is 5.82 Å². The minimum atomic E-state index is 0.147. The van der Waals surface area contributed by atoms with Crippen molar-refractivity contribution in [3.63, 3.8) is 0 Å².